The normalized spacial score (nSPS) is 17.3. The van der Waals surface area contributed by atoms with Crippen LogP contribution in [-0.2, 0) is 4.74 Å². The summed E-state index contributed by atoms with van der Waals surface area (Å²) in [6, 6.07) is 7.99. The minimum Gasteiger partial charge on any atom is -0.489 e. The molecule has 1 fully saturated rings. The van der Waals surface area contributed by atoms with Crippen molar-refractivity contribution in [2.24, 2.45) is 11.1 Å². The third kappa shape index (κ3) is 2.94. The molecule has 1 aromatic carbocycles. The van der Waals surface area contributed by atoms with Gasteiger partial charge in [-0.2, -0.15) is 0 Å². The summed E-state index contributed by atoms with van der Waals surface area (Å²) in [5.74, 6) is 0.889. The van der Waals surface area contributed by atoms with E-state index in [1.54, 1.807) is 0 Å². The van der Waals surface area contributed by atoms with Crippen molar-refractivity contribution in [2.45, 2.75) is 20.0 Å². The molecule has 0 amide bonds. The maximum absolute atomic E-state index is 5.80. The standard InChI is InChI=1S/C14H22N2O2/c1-11(2)18-13-6-4-3-5-12(13)16-8-14(7-15)9-17-10-14/h3-6,11,16H,7-10,15H2,1-2H3. The number of hydrogen-bond acceptors (Lipinski definition) is 4. The molecule has 3 N–H and O–H groups in total. The minimum absolute atomic E-state index is 0.0882. The molecule has 0 unspecified atom stereocenters. The summed E-state index contributed by atoms with van der Waals surface area (Å²) in [7, 11) is 0. The van der Waals surface area contributed by atoms with Crippen molar-refractivity contribution >= 4 is 5.69 Å². The van der Waals surface area contributed by atoms with E-state index in [1.165, 1.54) is 0 Å². The van der Waals surface area contributed by atoms with Crippen molar-refractivity contribution in [3.8, 4) is 5.75 Å². The van der Waals surface area contributed by atoms with Crippen LogP contribution in [0.3, 0.4) is 0 Å². The van der Waals surface area contributed by atoms with Gasteiger partial charge in [0.1, 0.15) is 5.75 Å². The largest absolute Gasteiger partial charge is 0.489 e. The molecule has 1 aliphatic heterocycles. The number of nitrogens with two attached hydrogens (primary N) is 1. The molecular formula is C14H22N2O2. The molecule has 4 heteroatoms. The molecule has 1 aromatic rings. The summed E-state index contributed by atoms with van der Waals surface area (Å²) < 4.78 is 11.0. The summed E-state index contributed by atoms with van der Waals surface area (Å²) >= 11 is 0. The first-order valence-corrected chi connectivity index (χ1v) is 6.43. The lowest BCUT2D eigenvalue weighted by atomic mass is 9.86. The van der Waals surface area contributed by atoms with E-state index in [0.717, 1.165) is 31.2 Å². The van der Waals surface area contributed by atoms with E-state index in [4.69, 9.17) is 15.2 Å². The van der Waals surface area contributed by atoms with Crippen LogP contribution in [0.15, 0.2) is 24.3 Å². The molecule has 0 spiro atoms. The molecule has 1 heterocycles. The highest BCUT2D eigenvalue weighted by molar-refractivity contribution is 5.56. The third-order valence-corrected chi connectivity index (χ3v) is 3.15. The van der Waals surface area contributed by atoms with Gasteiger partial charge in [-0.05, 0) is 26.0 Å². The molecule has 1 aliphatic rings. The zero-order chi connectivity index (χ0) is 13.0. The van der Waals surface area contributed by atoms with E-state index in [2.05, 4.69) is 5.32 Å². The summed E-state index contributed by atoms with van der Waals surface area (Å²) in [5, 5.41) is 3.43. The Morgan fingerprint density at radius 3 is 2.67 bits per heavy atom. The second kappa shape index (κ2) is 5.59. The molecule has 0 saturated carbocycles. The molecule has 0 aliphatic carbocycles. The summed E-state index contributed by atoms with van der Waals surface area (Å²) in [5.41, 5.74) is 6.91. The third-order valence-electron chi connectivity index (χ3n) is 3.15. The van der Waals surface area contributed by atoms with Gasteiger partial charge in [-0.1, -0.05) is 12.1 Å². The van der Waals surface area contributed by atoms with Gasteiger partial charge in [0.15, 0.2) is 0 Å². The van der Waals surface area contributed by atoms with Crippen molar-refractivity contribution < 1.29 is 9.47 Å². The van der Waals surface area contributed by atoms with E-state index in [9.17, 15) is 0 Å². The number of ether oxygens (including phenoxy) is 2. The molecular weight excluding hydrogens is 228 g/mol. The van der Waals surface area contributed by atoms with Gasteiger partial charge >= 0.3 is 0 Å². The van der Waals surface area contributed by atoms with Gasteiger partial charge in [0, 0.05) is 18.5 Å². The first-order chi connectivity index (χ1) is 8.65. The average Bonchev–Trinajstić information content (AvgIpc) is 2.29. The van der Waals surface area contributed by atoms with Gasteiger partial charge < -0.3 is 20.5 Å². The summed E-state index contributed by atoms with van der Waals surface area (Å²) in [6.45, 7) is 7.00. The Hall–Kier alpha value is -1.26. The van der Waals surface area contributed by atoms with Crippen LogP contribution in [-0.4, -0.2) is 32.4 Å². The number of rotatable bonds is 6. The maximum Gasteiger partial charge on any atom is 0.142 e. The van der Waals surface area contributed by atoms with Crippen molar-refractivity contribution in [1.82, 2.24) is 0 Å². The highest BCUT2D eigenvalue weighted by atomic mass is 16.5. The van der Waals surface area contributed by atoms with Crippen LogP contribution in [0.2, 0.25) is 0 Å². The molecule has 2 rings (SSSR count). The molecule has 0 atom stereocenters. The van der Waals surface area contributed by atoms with Crippen molar-refractivity contribution in [2.75, 3.05) is 31.6 Å². The number of anilines is 1. The Kier molecular flexibility index (Phi) is 4.09. The second-order valence-corrected chi connectivity index (χ2v) is 5.21. The average molecular weight is 250 g/mol. The molecule has 1 saturated heterocycles. The van der Waals surface area contributed by atoms with E-state index < -0.39 is 0 Å². The van der Waals surface area contributed by atoms with Crippen LogP contribution in [0.25, 0.3) is 0 Å². The SMILES string of the molecule is CC(C)Oc1ccccc1NCC1(CN)COC1. The monoisotopic (exact) mass is 250 g/mol. The quantitative estimate of drug-likeness (QED) is 0.809. The van der Waals surface area contributed by atoms with Crippen molar-refractivity contribution in [1.29, 1.82) is 0 Å². The number of nitrogens with one attached hydrogen (secondary N) is 1. The van der Waals surface area contributed by atoms with Gasteiger partial charge in [0.2, 0.25) is 0 Å². The lowest BCUT2D eigenvalue weighted by molar-refractivity contribution is -0.0979. The molecule has 0 radical (unpaired) electrons. The minimum atomic E-state index is 0.0882. The maximum atomic E-state index is 5.80. The van der Waals surface area contributed by atoms with E-state index in [-0.39, 0.29) is 11.5 Å². The molecule has 18 heavy (non-hydrogen) atoms. The van der Waals surface area contributed by atoms with Gasteiger partial charge in [-0.15, -0.1) is 0 Å². The lowest BCUT2D eigenvalue weighted by Crippen LogP contribution is -2.52. The molecule has 0 aromatic heterocycles. The van der Waals surface area contributed by atoms with E-state index in [1.807, 2.05) is 38.1 Å². The van der Waals surface area contributed by atoms with Gasteiger partial charge in [-0.3, -0.25) is 0 Å². The predicted molar refractivity (Wildman–Crippen MR) is 73.0 cm³/mol. The fourth-order valence-corrected chi connectivity index (χ4v) is 1.93. The van der Waals surface area contributed by atoms with Crippen LogP contribution in [0.5, 0.6) is 5.75 Å². The van der Waals surface area contributed by atoms with Gasteiger partial charge in [-0.25, -0.2) is 0 Å². The van der Waals surface area contributed by atoms with Crippen LogP contribution in [0.4, 0.5) is 5.69 Å². The summed E-state index contributed by atoms with van der Waals surface area (Å²) in [6.07, 6.45) is 0.170. The van der Waals surface area contributed by atoms with Gasteiger partial charge in [0.05, 0.1) is 25.0 Å². The highest BCUT2D eigenvalue weighted by Gasteiger charge is 2.37. The second-order valence-electron chi connectivity index (χ2n) is 5.21. The smallest absolute Gasteiger partial charge is 0.142 e. The summed E-state index contributed by atoms with van der Waals surface area (Å²) in [4.78, 5) is 0. The molecule has 100 valence electrons. The topological polar surface area (TPSA) is 56.5 Å². The zero-order valence-electron chi connectivity index (χ0n) is 11.1. The Morgan fingerprint density at radius 1 is 1.39 bits per heavy atom. The Labute approximate surface area is 108 Å². The van der Waals surface area contributed by atoms with Crippen molar-refractivity contribution in [3.63, 3.8) is 0 Å². The lowest BCUT2D eigenvalue weighted by Gasteiger charge is -2.40. The zero-order valence-corrected chi connectivity index (χ0v) is 11.1. The number of benzene rings is 1. The first kappa shape index (κ1) is 13.2. The molecule has 4 nitrogen and oxygen atoms in total. The Morgan fingerprint density at radius 2 is 2.11 bits per heavy atom. The van der Waals surface area contributed by atoms with Gasteiger partial charge in [0.25, 0.3) is 0 Å². The first-order valence-electron chi connectivity index (χ1n) is 6.43. The fourth-order valence-electron chi connectivity index (χ4n) is 1.93. The van der Waals surface area contributed by atoms with Crippen LogP contribution in [0.1, 0.15) is 13.8 Å². The van der Waals surface area contributed by atoms with Crippen LogP contribution in [0, 0.1) is 5.41 Å². The molecule has 0 bridgehead atoms. The predicted octanol–water partition coefficient (Wildman–Crippen LogP) is 1.86. The fraction of sp³-hybridized carbons (Fsp3) is 0.571. The van der Waals surface area contributed by atoms with E-state index >= 15 is 0 Å². The van der Waals surface area contributed by atoms with Crippen molar-refractivity contribution in [3.05, 3.63) is 24.3 Å². The highest BCUT2D eigenvalue weighted by Crippen LogP contribution is 2.30. The Bertz CT molecular complexity index is 384. The Balaban J connectivity index is 2.00. The van der Waals surface area contributed by atoms with Crippen LogP contribution < -0.4 is 15.8 Å². The van der Waals surface area contributed by atoms with E-state index in [0.29, 0.717) is 6.54 Å². The number of hydrogen-bond donors (Lipinski definition) is 2. The van der Waals surface area contributed by atoms with Crippen LogP contribution >= 0.6 is 0 Å². The number of para-hydroxylation sites is 2.